The molecule has 1 aromatic carbocycles. The predicted molar refractivity (Wildman–Crippen MR) is 123 cm³/mol. The molecule has 0 N–H and O–H groups in total. The van der Waals surface area contributed by atoms with E-state index in [2.05, 4.69) is 25.0 Å². The molecule has 10 nitrogen and oxygen atoms in total. The molecule has 2 aliphatic rings. The highest BCUT2D eigenvalue weighted by Crippen LogP contribution is 2.35. The summed E-state index contributed by atoms with van der Waals surface area (Å²) in [6, 6.07) is 3.71. The van der Waals surface area contributed by atoms with Crippen molar-refractivity contribution in [2.45, 2.75) is 24.0 Å². The number of sulfone groups is 1. The van der Waals surface area contributed by atoms with Gasteiger partial charge in [-0.2, -0.15) is 4.98 Å². The molecule has 2 bridgehead atoms. The molecule has 13 heteroatoms. The third-order valence-corrected chi connectivity index (χ3v) is 7.46. The highest BCUT2D eigenvalue weighted by molar-refractivity contribution is 7.90. The maximum Gasteiger partial charge on any atom is 0.255 e. The first-order valence-electron chi connectivity index (χ1n) is 11.0. The summed E-state index contributed by atoms with van der Waals surface area (Å²) < 4.78 is 55.1. The Hall–Kier alpha value is -2.67. The van der Waals surface area contributed by atoms with Gasteiger partial charge in [0.2, 0.25) is 11.8 Å². The van der Waals surface area contributed by atoms with Gasteiger partial charge in [-0.05, 0) is 25.1 Å². The standard InChI is InChI=1S/C22H23ClFN5O5S/c1-12(21-27-20(28-34-21)13-3-4-18(17(24)5-13)35(2,30)31)33-19-14-8-29(9-15(19)11-32-10-14)22-25-6-16(23)7-26-22/h3-7,12,14-15,19H,8-11H2,1-2H3. The maximum atomic E-state index is 14.3. The molecule has 3 aromatic rings. The summed E-state index contributed by atoms with van der Waals surface area (Å²) in [7, 11) is -3.67. The van der Waals surface area contributed by atoms with E-state index in [9.17, 15) is 12.8 Å². The first-order valence-corrected chi connectivity index (χ1v) is 13.3. The van der Waals surface area contributed by atoms with Crippen LogP contribution < -0.4 is 4.90 Å². The van der Waals surface area contributed by atoms with Crippen molar-refractivity contribution < 1.29 is 26.8 Å². The molecule has 0 radical (unpaired) electrons. The summed E-state index contributed by atoms with van der Waals surface area (Å²) in [4.78, 5) is 14.7. The van der Waals surface area contributed by atoms with Gasteiger partial charge in [0.25, 0.3) is 5.89 Å². The molecule has 3 atom stereocenters. The van der Waals surface area contributed by atoms with E-state index < -0.39 is 21.8 Å². The Morgan fingerprint density at radius 3 is 2.51 bits per heavy atom. The third-order valence-electron chi connectivity index (χ3n) is 6.13. The quantitative estimate of drug-likeness (QED) is 0.476. The van der Waals surface area contributed by atoms with Crippen LogP contribution in [0, 0.1) is 17.7 Å². The largest absolute Gasteiger partial charge is 0.381 e. The minimum atomic E-state index is -3.67. The number of hydrogen-bond acceptors (Lipinski definition) is 10. The van der Waals surface area contributed by atoms with Crippen LogP contribution in [0.2, 0.25) is 5.02 Å². The van der Waals surface area contributed by atoms with Crippen LogP contribution in [0.1, 0.15) is 18.9 Å². The van der Waals surface area contributed by atoms with E-state index in [1.807, 2.05) is 6.92 Å². The van der Waals surface area contributed by atoms with Crippen LogP contribution in [0.25, 0.3) is 11.4 Å². The molecule has 2 fully saturated rings. The number of halogens is 2. The number of ether oxygens (including phenoxy) is 2. The second-order valence-corrected chi connectivity index (χ2v) is 11.2. The van der Waals surface area contributed by atoms with Crippen molar-refractivity contribution >= 4 is 27.4 Å². The Balaban J connectivity index is 1.29. The molecule has 2 aliphatic heterocycles. The minimum absolute atomic E-state index is 0.0873. The lowest BCUT2D eigenvalue weighted by atomic mass is 9.84. The molecule has 3 unspecified atom stereocenters. The van der Waals surface area contributed by atoms with Crippen LogP contribution in [0.3, 0.4) is 0 Å². The average molecular weight is 524 g/mol. The van der Waals surface area contributed by atoms with Crippen LogP contribution in [0.5, 0.6) is 0 Å². The molecule has 0 spiro atoms. The summed E-state index contributed by atoms with van der Waals surface area (Å²) in [5.41, 5.74) is 0.304. The first kappa shape index (κ1) is 24.0. The molecule has 5 rings (SSSR count). The molecule has 35 heavy (non-hydrogen) atoms. The van der Waals surface area contributed by atoms with Gasteiger partial charge >= 0.3 is 0 Å². The van der Waals surface area contributed by atoms with E-state index in [0.717, 1.165) is 12.3 Å². The van der Waals surface area contributed by atoms with Crippen molar-refractivity contribution in [3.63, 3.8) is 0 Å². The van der Waals surface area contributed by atoms with E-state index in [-0.39, 0.29) is 34.6 Å². The van der Waals surface area contributed by atoms with Crippen molar-refractivity contribution in [3.05, 3.63) is 47.3 Å². The molecule has 0 aliphatic carbocycles. The molecular formula is C22H23ClFN5O5S. The first-order chi connectivity index (χ1) is 16.7. The maximum absolute atomic E-state index is 14.3. The zero-order valence-electron chi connectivity index (χ0n) is 19.0. The third kappa shape index (κ3) is 5.01. The Morgan fingerprint density at radius 1 is 1.20 bits per heavy atom. The van der Waals surface area contributed by atoms with Gasteiger partial charge in [-0.25, -0.2) is 22.8 Å². The van der Waals surface area contributed by atoms with E-state index in [4.69, 9.17) is 25.6 Å². The monoisotopic (exact) mass is 523 g/mol. The van der Waals surface area contributed by atoms with Crippen LogP contribution in [-0.4, -0.2) is 67.2 Å². The second-order valence-electron chi connectivity index (χ2n) is 8.78. The Morgan fingerprint density at radius 2 is 1.89 bits per heavy atom. The van der Waals surface area contributed by atoms with Crippen LogP contribution in [0.4, 0.5) is 10.3 Å². The Kier molecular flexibility index (Phi) is 6.47. The normalized spacial score (nSPS) is 23.3. The van der Waals surface area contributed by atoms with Crippen LogP contribution in [0.15, 0.2) is 40.0 Å². The zero-order chi connectivity index (χ0) is 24.7. The number of benzene rings is 1. The van der Waals surface area contributed by atoms with Gasteiger partial charge in [-0.15, -0.1) is 0 Å². The van der Waals surface area contributed by atoms with Gasteiger partial charge in [-0.3, -0.25) is 0 Å². The topological polar surface area (TPSA) is 121 Å². The highest BCUT2D eigenvalue weighted by atomic mass is 35.5. The Labute approximate surface area is 206 Å². The molecule has 0 saturated carbocycles. The smallest absolute Gasteiger partial charge is 0.255 e. The molecule has 2 aromatic heterocycles. The average Bonchev–Trinajstić information content (AvgIpc) is 3.29. The summed E-state index contributed by atoms with van der Waals surface area (Å²) >= 11 is 5.91. The number of hydrogen-bond donors (Lipinski definition) is 0. The summed E-state index contributed by atoms with van der Waals surface area (Å²) in [5, 5.41) is 4.41. The summed E-state index contributed by atoms with van der Waals surface area (Å²) in [6.45, 7) is 4.22. The Bertz CT molecular complexity index is 1310. The van der Waals surface area contributed by atoms with E-state index >= 15 is 0 Å². The molecular weight excluding hydrogens is 501 g/mol. The fourth-order valence-electron chi connectivity index (χ4n) is 4.51. The predicted octanol–water partition coefficient (Wildman–Crippen LogP) is 2.95. The van der Waals surface area contributed by atoms with Gasteiger partial charge in [0.15, 0.2) is 9.84 Å². The van der Waals surface area contributed by atoms with Crippen LogP contribution >= 0.6 is 11.6 Å². The zero-order valence-corrected chi connectivity index (χ0v) is 20.5. The van der Waals surface area contributed by atoms with Gasteiger partial charge in [0.05, 0.1) is 36.7 Å². The van der Waals surface area contributed by atoms with Crippen molar-refractivity contribution in [1.82, 2.24) is 20.1 Å². The second kappa shape index (κ2) is 9.41. The minimum Gasteiger partial charge on any atom is -0.381 e. The van der Waals surface area contributed by atoms with Crippen molar-refractivity contribution in [1.29, 1.82) is 0 Å². The van der Waals surface area contributed by atoms with Gasteiger partial charge in [0, 0.05) is 36.7 Å². The lowest BCUT2D eigenvalue weighted by molar-refractivity contribution is -0.146. The van der Waals surface area contributed by atoms with Gasteiger partial charge < -0.3 is 18.9 Å². The number of nitrogens with zero attached hydrogens (tertiary/aromatic N) is 5. The van der Waals surface area contributed by atoms with E-state index in [0.29, 0.717) is 42.8 Å². The number of aromatic nitrogens is 4. The molecule has 186 valence electrons. The van der Waals surface area contributed by atoms with E-state index in [1.54, 1.807) is 12.4 Å². The molecule has 2 saturated heterocycles. The van der Waals surface area contributed by atoms with Gasteiger partial charge in [0.1, 0.15) is 16.8 Å². The van der Waals surface area contributed by atoms with E-state index in [1.165, 1.54) is 12.1 Å². The SMILES string of the molecule is CC(OC1C2COCC1CN(c1ncc(Cl)cn1)C2)c1nc(-c2ccc(S(C)(=O)=O)c(F)c2)no1. The number of anilines is 1. The summed E-state index contributed by atoms with van der Waals surface area (Å²) in [6.07, 6.45) is 3.50. The van der Waals surface area contributed by atoms with Crippen molar-refractivity contribution in [3.8, 4) is 11.4 Å². The van der Waals surface area contributed by atoms with Crippen molar-refractivity contribution in [2.75, 3.05) is 37.5 Å². The van der Waals surface area contributed by atoms with Crippen molar-refractivity contribution in [2.24, 2.45) is 11.8 Å². The molecule has 0 amide bonds. The lowest BCUT2D eigenvalue weighted by Crippen LogP contribution is -2.57. The fraction of sp³-hybridized carbons (Fsp3) is 0.455. The molecule has 4 heterocycles. The van der Waals surface area contributed by atoms with Crippen LogP contribution in [-0.2, 0) is 19.3 Å². The van der Waals surface area contributed by atoms with Gasteiger partial charge in [-0.1, -0.05) is 16.8 Å². The number of fused-ring (bicyclic) bond motifs is 2. The fourth-order valence-corrected chi connectivity index (χ4v) is 5.33. The number of piperidine rings is 1. The summed E-state index contributed by atoms with van der Waals surface area (Å²) in [5.74, 6) is 0.314. The highest BCUT2D eigenvalue weighted by Gasteiger charge is 2.43. The lowest BCUT2D eigenvalue weighted by Gasteiger charge is -2.47. The number of rotatable bonds is 6.